The van der Waals surface area contributed by atoms with Gasteiger partial charge in [0.05, 0.1) is 18.3 Å². The number of hydrogen-bond donors (Lipinski definition) is 3. The molecule has 1 saturated carbocycles. The van der Waals surface area contributed by atoms with Crippen molar-refractivity contribution in [3.05, 3.63) is 47.6 Å². The standard InChI is InChI=1S/C50H77NO12/c1-30-15-11-10-12-16-31(2)42(61-9)28-39-21-18-36(7)50(59,63-39)47(56)48(57)51-24-14-13-17-40(51)49(58)62-43(33(4)27-37-19-22-38(60-8)23-20-37)29-41(52)32(3)26-35(6)45(54)46(55)44(53)34(5)25-30/h10-12,15-16,26,30,32-34,36-40,42-43,45-46,54-55,59H,13-14,17-25,27-29H2,1-9H3/b12-10+,15-11+,31-16+,35-26+/t30-,32-,33-,34-,36-,37-,38-,39+,40+,42+,43+,45-,46+,50-/m1/s1. The van der Waals surface area contributed by atoms with Crippen LogP contribution in [-0.2, 0) is 42.9 Å². The second kappa shape index (κ2) is 24.3. The Morgan fingerprint density at radius 2 is 1.54 bits per heavy atom. The van der Waals surface area contributed by atoms with Crippen LogP contribution in [0.25, 0.3) is 0 Å². The van der Waals surface area contributed by atoms with Crippen LogP contribution < -0.4 is 0 Å². The minimum absolute atomic E-state index is 0.0233. The van der Waals surface area contributed by atoms with Crippen LogP contribution in [0.15, 0.2) is 47.6 Å². The fourth-order valence-corrected chi connectivity index (χ4v) is 9.83. The first-order valence-corrected chi connectivity index (χ1v) is 23.4. The highest BCUT2D eigenvalue weighted by Crippen LogP contribution is 2.37. The summed E-state index contributed by atoms with van der Waals surface area (Å²) >= 11 is 0. The summed E-state index contributed by atoms with van der Waals surface area (Å²) in [4.78, 5) is 71.1. The van der Waals surface area contributed by atoms with Crippen LogP contribution in [0.2, 0.25) is 0 Å². The van der Waals surface area contributed by atoms with Gasteiger partial charge >= 0.3 is 5.97 Å². The van der Waals surface area contributed by atoms with Crippen LogP contribution in [0.4, 0.5) is 0 Å². The zero-order chi connectivity index (χ0) is 46.6. The summed E-state index contributed by atoms with van der Waals surface area (Å²) in [5.41, 5.74) is 1.15. The number of aliphatic hydroxyl groups is 3. The van der Waals surface area contributed by atoms with Gasteiger partial charge in [0.25, 0.3) is 11.7 Å². The molecular weight excluding hydrogens is 807 g/mol. The Kier molecular flexibility index (Phi) is 20.1. The Balaban J connectivity index is 1.67. The lowest BCUT2D eigenvalue weighted by Gasteiger charge is -2.42. The number of ketones is 3. The van der Waals surface area contributed by atoms with E-state index in [-0.39, 0.29) is 48.7 Å². The summed E-state index contributed by atoms with van der Waals surface area (Å²) in [5.74, 6) is -7.99. The highest BCUT2D eigenvalue weighted by atomic mass is 16.6. The van der Waals surface area contributed by atoms with E-state index in [9.17, 15) is 39.3 Å². The van der Waals surface area contributed by atoms with E-state index in [2.05, 4.69) is 0 Å². The maximum Gasteiger partial charge on any atom is 0.329 e. The van der Waals surface area contributed by atoms with E-state index in [0.717, 1.165) is 31.3 Å². The first-order chi connectivity index (χ1) is 29.8. The van der Waals surface area contributed by atoms with Crippen molar-refractivity contribution in [2.75, 3.05) is 20.8 Å². The molecule has 4 rings (SSSR count). The molecule has 0 radical (unpaired) electrons. The van der Waals surface area contributed by atoms with Crippen molar-refractivity contribution in [1.29, 1.82) is 0 Å². The number of piperidine rings is 1. The maximum absolute atomic E-state index is 14.3. The molecule has 354 valence electrons. The minimum Gasteiger partial charge on any atom is -0.460 e. The van der Waals surface area contributed by atoms with Gasteiger partial charge in [-0.2, -0.15) is 0 Å². The number of hydrogen-bond acceptors (Lipinski definition) is 12. The molecule has 3 heterocycles. The zero-order valence-corrected chi connectivity index (χ0v) is 39.3. The molecule has 1 aliphatic carbocycles. The van der Waals surface area contributed by atoms with Crippen LogP contribution in [0.3, 0.4) is 0 Å². The minimum atomic E-state index is -2.41. The van der Waals surface area contributed by atoms with E-state index in [1.54, 1.807) is 48.0 Å². The third-order valence-electron chi connectivity index (χ3n) is 14.2. The molecule has 0 aromatic heterocycles. The molecule has 0 spiro atoms. The number of nitrogens with zero attached hydrogens (tertiary/aromatic N) is 1. The highest BCUT2D eigenvalue weighted by molar-refractivity contribution is 6.39. The molecule has 63 heavy (non-hydrogen) atoms. The summed E-state index contributed by atoms with van der Waals surface area (Å²) in [6.45, 7) is 12.6. The average molecular weight is 884 g/mol. The fraction of sp³-hybridized carbons (Fsp3) is 0.740. The number of methoxy groups -OCH3 is 2. The van der Waals surface area contributed by atoms with Crippen LogP contribution in [0.1, 0.15) is 132 Å². The second-order valence-electron chi connectivity index (χ2n) is 19.2. The number of aliphatic hydroxyl groups excluding tert-OH is 2. The van der Waals surface area contributed by atoms with E-state index in [1.807, 2.05) is 51.2 Å². The van der Waals surface area contributed by atoms with E-state index < -0.39 is 83.5 Å². The smallest absolute Gasteiger partial charge is 0.329 e. The lowest BCUT2D eigenvalue weighted by atomic mass is 9.79. The number of amides is 1. The van der Waals surface area contributed by atoms with Crippen molar-refractivity contribution >= 4 is 29.2 Å². The van der Waals surface area contributed by atoms with Gasteiger partial charge in [0.15, 0.2) is 5.78 Å². The molecule has 3 N–H and O–H groups in total. The number of cyclic esters (lactones) is 1. The van der Waals surface area contributed by atoms with Crippen LogP contribution in [0, 0.1) is 35.5 Å². The zero-order valence-electron chi connectivity index (χ0n) is 39.3. The molecule has 3 aliphatic heterocycles. The Hall–Kier alpha value is -3.33. The Bertz CT molecular complexity index is 1690. The Morgan fingerprint density at radius 1 is 0.841 bits per heavy atom. The summed E-state index contributed by atoms with van der Waals surface area (Å²) < 4.78 is 23.8. The molecule has 13 heteroatoms. The molecule has 0 unspecified atom stereocenters. The first kappa shape index (κ1) is 52.3. The topological polar surface area (TPSA) is 186 Å². The quantitative estimate of drug-likeness (QED) is 0.154. The molecule has 4 aliphatic rings. The van der Waals surface area contributed by atoms with Gasteiger partial charge in [-0.05, 0) is 113 Å². The highest BCUT2D eigenvalue weighted by Gasteiger charge is 2.53. The van der Waals surface area contributed by atoms with Crippen molar-refractivity contribution < 1.29 is 58.2 Å². The molecule has 13 nitrogen and oxygen atoms in total. The lowest BCUT2D eigenvalue weighted by Crippen LogP contribution is -2.61. The number of Topliss-reactive ketones (excluding diaryl/α,β-unsaturated/α-hetero) is 3. The third-order valence-corrected chi connectivity index (χ3v) is 14.2. The number of fused-ring (bicyclic) bond motifs is 3. The van der Waals surface area contributed by atoms with Crippen LogP contribution in [0.5, 0.6) is 0 Å². The van der Waals surface area contributed by atoms with Gasteiger partial charge in [-0.3, -0.25) is 19.2 Å². The second-order valence-corrected chi connectivity index (χ2v) is 19.2. The average Bonchev–Trinajstić information content (AvgIpc) is 3.27. The summed E-state index contributed by atoms with van der Waals surface area (Å²) in [5, 5.41) is 34.0. The van der Waals surface area contributed by atoms with Crippen molar-refractivity contribution in [1.82, 2.24) is 4.90 Å². The summed E-state index contributed by atoms with van der Waals surface area (Å²) in [6, 6.07) is -1.11. The Morgan fingerprint density at radius 3 is 2.21 bits per heavy atom. The van der Waals surface area contributed by atoms with Gasteiger partial charge in [-0.1, -0.05) is 71.1 Å². The molecule has 2 bridgehead atoms. The SMILES string of the molecule is CO[C@H]1C[C@@H]2CC[C@@H](C)[C@@](O)(O2)C(=O)C(=O)N2CCCC[C@H]2C(=O)O[C@H]([C@H](C)C[C@H]2CC[C@H](OC)CC2)CC(=O)[C@H](C)/C=C(\C)[C@@H](O)[C@@H](O)C(=O)[C@H](C)C[C@H](C)/C=C/C=C/C=C/1C. The van der Waals surface area contributed by atoms with Crippen molar-refractivity contribution in [3.8, 4) is 0 Å². The Labute approximate surface area is 375 Å². The molecule has 1 amide bonds. The van der Waals surface area contributed by atoms with Gasteiger partial charge in [-0.15, -0.1) is 0 Å². The van der Waals surface area contributed by atoms with Gasteiger partial charge in [0.1, 0.15) is 30.1 Å². The van der Waals surface area contributed by atoms with Gasteiger partial charge in [0, 0.05) is 51.4 Å². The van der Waals surface area contributed by atoms with E-state index in [4.69, 9.17) is 18.9 Å². The van der Waals surface area contributed by atoms with Crippen molar-refractivity contribution in [3.63, 3.8) is 0 Å². The molecule has 0 aromatic carbocycles. The lowest BCUT2D eigenvalue weighted by molar-refractivity contribution is -0.265. The number of carbonyl (C=O) groups excluding carboxylic acids is 5. The van der Waals surface area contributed by atoms with E-state index in [0.29, 0.717) is 50.9 Å². The third kappa shape index (κ3) is 14.1. The molecule has 2 saturated heterocycles. The van der Waals surface area contributed by atoms with Crippen molar-refractivity contribution in [2.24, 2.45) is 35.5 Å². The normalized spacial score (nSPS) is 40.1. The monoisotopic (exact) mass is 884 g/mol. The van der Waals surface area contributed by atoms with Gasteiger partial charge < -0.3 is 39.2 Å². The van der Waals surface area contributed by atoms with Crippen LogP contribution in [-0.4, -0.2) is 119 Å². The fourth-order valence-electron chi connectivity index (χ4n) is 9.83. The largest absolute Gasteiger partial charge is 0.460 e. The van der Waals surface area contributed by atoms with E-state index in [1.165, 1.54) is 4.90 Å². The van der Waals surface area contributed by atoms with Crippen molar-refractivity contribution in [2.45, 2.75) is 180 Å². The van der Waals surface area contributed by atoms with Gasteiger partial charge in [0.2, 0.25) is 5.79 Å². The summed E-state index contributed by atoms with van der Waals surface area (Å²) in [6.07, 6.45) is 13.4. The summed E-state index contributed by atoms with van der Waals surface area (Å²) in [7, 11) is 3.29. The predicted octanol–water partition coefficient (Wildman–Crippen LogP) is 6.56. The predicted molar refractivity (Wildman–Crippen MR) is 239 cm³/mol. The molecule has 0 aromatic rings. The number of carbonyl (C=O) groups is 5. The number of allylic oxidation sites excluding steroid dienone is 6. The van der Waals surface area contributed by atoms with E-state index >= 15 is 0 Å². The van der Waals surface area contributed by atoms with Gasteiger partial charge in [-0.25, -0.2) is 4.79 Å². The molecular formula is C50H77NO12. The number of rotatable bonds is 5. The number of esters is 1. The first-order valence-electron chi connectivity index (χ1n) is 23.4. The molecule has 12 atom stereocenters. The molecule has 3 fully saturated rings. The number of ether oxygens (including phenoxy) is 4. The van der Waals surface area contributed by atoms with Crippen LogP contribution >= 0.6 is 0 Å². The maximum atomic E-state index is 14.3.